The highest BCUT2D eigenvalue weighted by Crippen LogP contribution is 2.24. The standard InChI is InChI=1S/C12H10ClNO2S/c13-8-3-1-4-9(7-8)14-11(12(15)16)10-5-2-6-17-10/h1-7,11,14H,(H,15,16)/p-1/t11-/m1/s1. The van der Waals surface area contributed by atoms with Gasteiger partial charge < -0.3 is 15.2 Å². The molecule has 5 heteroatoms. The highest BCUT2D eigenvalue weighted by molar-refractivity contribution is 7.10. The molecule has 0 spiro atoms. The van der Waals surface area contributed by atoms with Gasteiger partial charge in [-0.1, -0.05) is 23.7 Å². The number of thiophene rings is 1. The minimum atomic E-state index is -1.16. The number of carbonyl (C=O) groups excluding carboxylic acids is 1. The fraction of sp³-hybridized carbons (Fsp3) is 0.0833. The fourth-order valence-corrected chi connectivity index (χ4v) is 2.40. The van der Waals surface area contributed by atoms with Crippen LogP contribution < -0.4 is 10.4 Å². The van der Waals surface area contributed by atoms with E-state index in [1.54, 1.807) is 36.4 Å². The van der Waals surface area contributed by atoms with Crippen LogP contribution in [0.4, 0.5) is 5.69 Å². The van der Waals surface area contributed by atoms with E-state index in [9.17, 15) is 9.90 Å². The van der Waals surface area contributed by atoms with Crippen molar-refractivity contribution < 1.29 is 9.90 Å². The third-order valence-corrected chi connectivity index (χ3v) is 3.37. The Labute approximate surface area is 108 Å². The van der Waals surface area contributed by atoms with Crippen molar-refractivity contribution >= 4 is 34.6 Å². The molecule has 0 fully saturated rings. The Hall–Kier alpha value is -1.52. The lowest BCUT2D eigenvalue weighted by Gasteiger charge is -2.19. The molecule has 0 radical (unpaired) electrons. The quantitative estimate of drug-likeness (QED) is 0.924. The molecule has 88 valence electrons. The van der Waals surface area contributed by atoms with Crippen molar-refractivity contribution in [2.75, 3.05) is 5.32 Å². The summed E-state index contributed by atoms with van der Waals surface area (Å²) in [6.45, 7) is 0. The Bertz CT molecular complexity index is 513. The van der Waals surface area contributed by atoms with Gasteiger partial charge in [-0.05, 0) is 29.6 Å². The van der Waals surface area contributed by atoms with Crippen molar-refractivity contribution in [2.24, 2.45) is 0 Å². The van der Waals surface area contributed by atoms with Crippen LogP contribution in [0.25, 0.3) is 0 Å². The summed E-state index contributed by atoms with van der Waals surface area (Å²) >= 11 is 7.20. The van der Waals surface area contributed by atoms with Crippen LogP contribution >= 0.6 is 22.9 Å². The molecule has 0 amide bonds. The summed E-state index contributed by atoms with van der Waals surface area (Å²) in [7, 11) is 0. The average Bonchev–Trinajstić information content (AvgIpc) is 2.78. The first-order valence-corrected chi connectivity index (χ1v) is 6.19. The maximum Gasteiger partial charge on any atom is 0.101 e. The van der Waals surface area contributed by atoms with Crippen LogP contribution in [0.5, 0.6) is 0 Å². The number of halogens is 1. The van der Waals surface area contributed by atoms with Gasteiger partial charge in [0.25, 0.3) is 0 Å². The Morgan fingerprint density at radius 1 is 1.35 bits per heavy atom. The molecule has 0 bridgehead atoms. The zero-order valence-corrected chi connectivity index (χ0v) is 10.3. The zero-order valence-electron chi connectivity index (χ0n) is 8.72. The van der Waals surface area contributed by atoms with E-state index in [2.05, 4.69) is 5.32 Å². The number of aliphatic carboxylic acids is 1. The lowest BCUT2D eigenvalue weighted by molar-refractivity contribution is -0.307. The van der Waals surface area contributed by atoms with Crippen molar-refractivity contribution in [3.8, 4) is 0 Å². The average molecular weight is 267 g/mol. The normalized spacial score (nSPS) is 12.1. The minimum Gasteiger partial charge on any atom is -0.547 e. The van der Waals surface area contributed by atoms with Gasteiger partial charge in [0.1, 0.15) is 6.04 Å². The second kappa shape index (κ2) is 5.21. The van der Waals surface area contributed by atoms with Crippen LogP contribution in [-0.2, 0) is 4.79 Å². The largest absolute Gasteiger partial charge is 0.547 e. The van der Waals surface area contributed by atoms with Crippen LogP contribution in [0.2, 0.25) is 5.02 Å². The molecule has 17 heavy (non-hydrogen) atoms. The fourth-order valence-electron chi connectivity index (χ4n) is 1.45. The molecule has 3 nitrogen and oxygen atoms in total. The molecular weight excluding hydrogens is 258 g/mol. The Kier molecular flexibility index (Phi) is 3.66. The smallest absolute Gasteiger partial charge is 0.101 e. The number of nitrogens with one attached hydrogen (secondary N) is 1. The first kappa shape index (κ1) is 12.0. The summed E-state index contributed by atoms with van der Waals surface area (Å²) in [5.41, 5.74) is 0.653. The second-order valence-electron chi connectivity index (χ2n) is 3.42. The molecule has 0 unspecified atom stereocenters. The number of benzene rings is 1. The number of rotatable bonds is 4. The highest BCUT2D eigenvalue weighted by Gasteiger charge is 2.13. The van der Waals surface area contributed by atoms with Crippen LogP contribution in [-0.4, -0.2) is 5.97 Å². The first-order chi connectivity index (χ1) is 8.16. The van der Waals surface area contributed by atoms with Gasteiger partial charge >= 0.3 is 0 Å². The van der Waals surface area contributed by atoms with E-state index in [1.807, 2.05) is 5.38 Å². The van der Waals surface area contributed by atoms with Crippen molar-refractivity contribution in [3.63, 3.8) is 0 Å². The van der Waals surface area contributed by atoms with Gasteiger partial charge in [-0.15, -0.1) is 11.3 Å². The molecule has 0 aliphatic heterocycles. The third-order valence-electron chi connectivity index (χ3n) is 2.20. The lowest BCUT2D eigenvalue weighted by Crippen LogP contribution is -2.33. The molecule has 2 rings (SSSR count). The SMILES string of the molecule is O=C([O-])[C@H](Nc1cccc(Cl)c1)c1cccs1. The monoisotopic (exact) mass is 266 g/mol. The van der Waals surface area contributed by atoms with E-state index >= 15 is 0 Å². The predicted octanol–water partition coefficient (Wildman–Crippen LogP) is 2.30. The van der Waals surface area contributed by atoms with E-state index in [-0.39, 0.29) is 0 Å². The topological polar surface area (TPSA) is 52.2 Å². The summed E-state index contributed by atoms with van der Waals surface area (Å²) in [5, 5.41) is 16.4. The van der Waals surface area contributed by atoms with Gasteiger partial charge in [0.2, 0.25) is 0 Å². The summed E-state index contributed by atoms with van der Waals surface area (Å²) in [4.78, 5) is 11.8. The van der Waals surface area contributed by atoms with Gasteiger partial charge in [-0.2, -0.15) is 0 Å². The number of carbonyl (C=O) groups is 1. The van der Waals surface area contributed by atoms with Crippen LogP contribution in [0, 0.1) is 0 Å². The summed E-state index contributed by atoms with van der Waals surface area (Å²) < 4.78 is 0. The second-order valence-corrected chi connectivity index (χ2v) is 4.84. The van der Waals surface area contributed by atoms with Gasteiger partial charge in [-0.25, -0.2) is 0 Å². The highest BCUT2D eigenvalue weighted by atomic mass is 35.5. The minimum absolute atomic E-state index is 0.554. The molecule has 0 aliphatic carbocycles. The van der Waals surface area contributed by atoms with Crippen molar-refractivity contribution in [1.82, 2.24) is 0 Å². The number of carboxylic acid groups (broad SMARTS) is 1. The van der Waals surface area contributed by atoms with Gasteiger partial charge in [0.05, 0.1) is 5.97 Å². The molecule has 1 heterocycles. The Morgan fingerprint density at radius 2 is 2.18 bits per heavy atom. The molecule has 1 aromatic carbocycles. The summed E-state index contributed by atoms with van der Waals surface area (Å²) in [6, 6.07) is 9.62. The molecule has 1 N–H and O–H groups in total. The number of carboxylic acids is 1. The lowest BCUT2D eigenvalue weighted by atomic mass is 10.2. The zero-order chi connectivity index (χ0) is 12.3. The third kappa shape index (κ3) is 2.99. The van der Waals surface area contributed by atoms with E-state index in [1.165, 1.54) is 11.3 Å². The summed E-state index contributed by atoms with van der Waals surface area (Å²) in [5.74, 6) is -1.16. The van der Waals surface area contributed by atoms with Gasteiger partial charge in [0, 0.05) is 15.6 Å². The van der Waals surface area contributed by atoms with Crippen molar-refractivity contribution in [2.45, 2.75) is 6.04 Å². The van der Waals surface area contributed by atoms with Gasteiger partial charge in [-0.3, -0.25) is 0 Å². The molecule has 2 aromatic rings. The van der Waals surface area contributed by atoms with E-state index in [0.717, 1.165) is 0 Å². The van der Waals surface area contributed by atoms with E-state index in [4.69, 9.17) is 11.6 Å². The van der Waals surface area contributed by atoms with Gasteiger partial charge in [0.15, 0.2) is 0 Å². The molecule has 1 atom stereocenters. The Morgan fingerprint density at radius 3 is 2.76 bits per heavy atom. The molecule has 0 saturated heterocycles. The summed E-state index contributed by atoms with van der Waals surface area (Å²) in [6.07, 6.45) is 0. The Balaban J connectivity index is 2.22. The van der Waals surface area contributed by atoms with E-state index in [0.29, 0.717) is 15.6 Å². The molecule has 0 aliphatic rings. The van der Waals surface area contributed by atoms with Crippen LogP contribution in [0.15, 0.2) is 41.8 Å². The number of hydrogen-bond donors (Lipinski definition) is 1. The molecule has 0 saturated carbocycles. The van der Waals surface area contributed by atoms with Crippen LogP contribution in [0.3, 0.4) is 0 Å². The van der Waals surface area contributed by atoms with Crippen molar-refractivity contribution in [3.05, 3.63) is 51.7 Å². The maximum atomic E-state index is 11.1. The molecule has 1 aromatic heterocycles. The molecular formula is C12H9ClNO2S-. The van der Waals surface area contributed by atoms with E-state index < -0.39 is 12.0 Å². The first-order valence-electron chi connectivity index (χ1n) is 4.93. The number of hydrogen-bond acceptors (Lipinski definition) is 4. The predicted molar refractivity (Wildman–Crippen MR) is 67.1 cm³/mol. The number of anilines is 1. The van der Waals surface area contributed by atoms with Crippen LogP contribution in [0.1, 0.15) is 10.9 Å². The van der Waals surface area contributed by atoms with Crippen molar-refractivity contribution in [1.29, 1.82) is 0 Å². The maximum absolute atomic E-state index is 11.1.